The normalized spacial score (nSPS) is 18.6. The van der Waals surface area contributed by atoms with Crippen molar-refractivity contribution in [1.82, 2.24) is 4.98 Å². The first-order valence-corrected chi connectivity index (χ1v) is 11.9. The Hall–Kier alpha value is -1.82. The number of alkyl halides is 2. The zero-order chi connectivity index (χ0) is 23.8. The van der Waals surface area contributed by atoms with Crippen molar-refractivity contribution in [2.75, 3.05) is 5.32 Å². The van der Waals surface area contributed by atoms with E-state index in [0.717, 1.165) is 5.56 Å². The molecule has 4 nitrogen and oxygen atoms in total. The number of aromatic nitrogens is 1. The van der Waals surface area contributed by atoms with Gasteiger partial charge in [0.25, 0.3) is 0 Å². The number of amides is 1. The summed E-state index contributed by atoms with van der Waals surface area (Å²) >= 11 is 31.2. The van der Waals surface area contributed by atoms with Gasteiger partial charge >= 0.3 is 0 Å². The number of carbonyl (C=O) groups excluding carboxylic acids is 2. The highest BCUT2D eigenvalue weighted by Crippen LogP contribution is 2.65. The molecule has 3 aromatic rings. The molecule has 1 fully saturated rings. The van der Waals surface area contributed by atoms with E-state index in [0.29, 0.717) is 38.3 Å². The maximum absolute atomic E-state index is 13.0. The molecule has 1 aliphatic carbocycles. The minimum absolute atomic E-state index is 0.130. The Morgan fingerprint density at radius 1 is 0.939 bits per heavy atom. The fraction of sp³-hybridized carbons (Fsp3) is 0.208. The molecule has 4 rings (SSSR count). The minimum Gasteiger partial charge on any atom is -0.326 e. The summed E-state index contributed by atoms with van der Waals surface area (Å²) < 4.78 is -1.30. The third-order valence-corrected chi connectivity index (χ3v) is 7.21. The van der Waals surface area contributed by atoms with Gasteiger partial charge in [0.2, 0.25) is 5.91 Å². The Morgan fingerprint density at radius 2 is 1.61 bits per heavy atom. The Kier molecular flexibility index (Phi) is 7.23. The van der Waals surface area contributed by atoms with E-state index < -0.39 is 16.2 Å². The maximum atomic E-state index is 13.0. The van der Waals surface area contributed by atoms with Crippen molar-refractivity contribution in [2.24, 2.45) is 5.92 Å². The van der Waals surface area contributed by atoms with E-state index in [4.69, 9.17) is 58.0 Å². The minimum atomic E-state index is -1.30. The lowest BCUT2D eigenvalue weighted by atomic mass is 10.0. The quantitative estimate of drug-likeness (QED) is 0.250. The van der Waals surface area contributed by atoms with Crippen LogP contribution in [0.3, 0.4) is 0 Å². The fourth-order valence-electron chi connectivity index (χ4n) is 3.80. The van der Waals surface area contributed by atoms with Gasteiger partial charge in [-0.2, -0.15) is 0 Å². The van der Waals surface area contributed by atoms with Crippen LogP contribution in [-0.2, 0) is 11.2 Å². The molecule has 9 heteroatoms. The van der Waals surface area contributed by atoms with Gasteiger partial charge in [-0.15, -0.1) is 23.2 Å². The van der Waals surface area contributed by atoms with Crippen LogP contribution in [0.5, 0.6) is 0 Å². The summed E-state index contributed by atoms with van der Waals surface area (Å²) in [6.45, 7) is 0. The molecular weight excluding hydrogens is 526 g/mol. The highest BCUT2D eigenvalue weighted by Gasteiger charge is 2.67. The zero-order valence-electron chi connectivity index (χ0n) is 17.0. The van der Waals surface area contributed by atoms with Crippen LogP contribution in [0.15, 0.2) is 60.9 Å². The van der Waals surface area contributed by atoms with Crippen molar-refractivity contribution in [3.05, 3.63) is 92.7 Å². The Bertz CT molecular complexity index is 1200. The third-order valence-electron chi connectivity index (χ3n) is 5.50. The molecule has 0 saturated heterocycles. The topological polar surface area (TPSA) is 59.1 Å². The van der Waals surface area contributed by atoms with Gasteiger partial charge in [-0.1, -0.05) is 34.8 Å². The van der Waals surface area contributed by atoms with E-state index in [-0.39, 0.29) is 18.1 Å². The van der Waals surface area contributed by atoms with Crippen molar-refractivity contribution in [3.8, 4) is 0 Å². The molecule has 0 aliphatic heterocycles. The number of hydrogen-bond acceptors (Lipinski definition) is 3. The fourth-order valence-corrected chi connectivity index (χ4v) is 5.40. The van der Waals surface area contributed by atoms with E-state index >= 15 is 0 Å². The van der Waals surface area contributed by atoms with Gasteiger partial charge in [0.15, 0.2) is 5.78 Å². The second-order valence-electron chi connectivity index (χ2n) is 7.80. The molecule has 1 aromatic heterocycles. The van der Waals surface area contributed by atoms with Crippen LogP contribution in [0.4, 0.5) is 5.69 Å². The molecule has 1 amide bonds. The molecule has 1 heterocycles. The zero-order valence-corrected chi connectivity index (χ0v) is 20.8. The lowest BCUT2D eigenvalue weighted by Crippen LogP contribution is -2.17. The average Bonchev–Trinajstić information content (AvgIpc) is 3.35. The number of halogens is 5. The predicted octanol–water partition coefficient (Wildman–Crippen LogP) is 7.38. The van der Waals surface area contributed by atoms with Crippen molar-refractivity contribution in [2.45, 2.75) is 23.1 Å². The number of nitrogens with one attached hydrogen (secondary N) is 1. The summed E-state index contributed by atoms with van der Waals surface area (Å²) in [6.07, 6.45) is 4.19. The Morgan fingerprint density at radius 3 is 2.27 bits per heavy atom. The standard InChI is InChI=1S/C24H17Cl5N2O2/c25-15-9-14(10-16(26)11-15)21-22(24(21,28)29)23(33)31-17-2-3-19(27)18(12-17)20(32)4-1-13-5-7-30-8-6-13/h2-3,5-12,21-22H,1,4H2,(H,31,33). The number of Topliss-reactive ketones (excluding diaryl/α,β-unsaturated/α-hetero) is 1. The number of benzene rings is 2. The molecule has 0 radical (unpaired) electrons. The van der Waals surface area contributed by atoms with Crippen molar-refractivity contribution in [3.63, 3.8) is 0 Å². The summed E-state index contributed by atoms with van der Waals surface area (Å²) in [5.74, 6) is -1.68. The molecule has 170 valence electrons. The predicted molar refractivity (Wildman–Crippen MR) is 134 cm³/mol. The molecule has 0 spiro atoms. The first-order valence-electron chi connectivity index (χ1n) is 10.0. The van der Waals surface area contributed by atoms with Crippen molar-refractivity contribution < 1.29 is 9.59 Å². The van der Waals surface area contributed by atoms with Crippen molar-refractivity contribution >= 4 is 75.4 Å². The number of anilines is 1. The summed E-state index contributed by atoms with van der Waals surface area (Å²) in [5, 5.41) is 3.97. The van der Waals surface area contributed by atoms with Gasteiger partial charge in [0, 0.05) is 46.0 Å². The maximum Gasteiger partial charge on any atom is 0.231 e. The number of pyridine rings is 1. The number of hydrogen-bond donors (Lipinski definition) is 1. The number of aryl methyl sites for hydroxylation is 1. The molecule has 1 saturated carbocycles. The first kappa shape index (κ1) is 24.3. The molecule has 1 N–H and O–H groups in total. The Balaban J connectivity index is 1.46. The number of carbonyl (C=O) groups is 2. The number of rotatable bonds is 7. The van der Waals surface area contributed by atoms with Gasteiger partial charge < -0.3 is 5.32 Å². The average molecular weight is 543 g/mol. The molecular formula is C24H17Cl5N2O2. The molecule has 2 aromatic carbocycles. The molecule has 33 heavy (non-hydrogen) atoms. The second-order valence-corrected chi connectivity index (χ2v) is 10.5. The summed E-state index contributed by atoms with van der Waals surface area (Å²) in [7, 11) is 0. The molecule has 2 unspecified atom stereocenters. The molecule has 2 atom stereocenters. The Labute approximate surface area is 216 Å². The van der Waals surface area contributed by atoms with Crippen molar-refractivity contribution in [1.29, 1.82) is 0 Å². The highest BCUT2D eigenvalue weighted by molar-refractivity contribution is 6.53. The first-order chi connectivity index (χ1) is 15.7. The van der Waals surface area contributed by atoms with Crippen LogP contribution in [0.25, 0.3) is 0 Å². The van der Waals surface area contributed by atoms with E-state index in [1.165, 1.54) is 0 Å². The smallest absolute Gasteiger partial charge is 0.231 e. The summed E-state index contributed by atoms with van der Waals surface area (Å²) in [4.78, 5) is 29.7. The van der Waals surface area contributed by atoms with Crippen LogP contribution in [0.2, 0.25) is 15.1 Å². The largest absolute Gasteiger partial charge is 0.326 e. The summed E-state index contributed by atoms with van der Waals surface area (Å²) in [6, 6.07) is 13.4. The highest BCUT2D eigenvalue weighted by atomic mass is 35.5. The van der Waals surface area contributed by atoms with Gasteiger partial charge in [-0.05, 0) is 66.1 Å². The lowest BCUT2D eigenvalue weighted by molar-refractivity contribution is -0.117. The third kappa shape index (κ3) is 5.47. The van der Waals surface area contributed by atoms with Gasteiger partial charge in [0.05, 0.1) is 10.9 Å². The molecule has 0 bridgehead atoms. The van der Waals surface area contributed by atoms with E-state index in [1.807, 2.05) is 12.1 Å². The van der Waals surface area contributed by atoms with Gasteiger partial charge in [-0.3, -0.25) is 14.6 Å². The van der Waals surface area contributed by atoms with Crippen LogP contribution in [0, 0.1) is 5.92 Å². The second kappa shape index (κ2) is 9.81. The van der Waals surface area contributed by atoms with Crippen LogP contribution in [-0.4, -0.2) is 21.0 Å². The summed E-state index contributed by atoms with van der Waals surface area (Å²) in [5.41, 5.74) is 2.44. The monoisotopic (exact) mass is 540 g/mol. The lowest BCUT2D eigenvalue weighted by Gasteiger charge is -2.09. The van der Waals surface area contributed by atoms with Crippen LogP contribution >= 0.6 is 58.0 Å². The van der Waals surface area contributed by atoms with Crippen LogP contribution in [0.1, 0.15) is 33.8 Å². The van der Waals surface area contributed by atoms with Gasteiger partial charge in [-0.25, -0.2) is 0 Å². The van der Waals surface area contributed by atoms with Crippen LogP contribution < -0.4 is 5.32 Å². The van der Waals surface area contributed by atoms with E-state index in [1.54, 1.807) is 48.8 Å². The SMILES string of the molecule is O=C(CCc1ccncc1)c1cc(NC(=O)C2C(c3cc(Cl)cc(Cl)c3)C2(Cl)Cl)ccc1Cl. The molecule has 1 aliphatic rings. The number of ketones is 1. The number of nitrogens with zero attached hydrogens (tertiary/aromatic N) is 1. The van der Waals surface area contributed by atoms with Gasteiger partial charge in [0.1, 0.15) is 4.33 Å². The van der Waals surface area contributed by atoms with E-state index in [2.05, 4.69) is 10.3 Å². The van der Waals surface area contributed by atoms with E-state index in [9.17, 15) is 9.59 Å².